The molecule has 0 saturated heterocycles. The minimum Gasteiger partial charge on any atom is -0.480 e. The molecule has 21 heteroatoms. The van der Waals surface area contributed by atoms with Crippen LogP contribution in [-0.2, 0) is 32.3 Å². The van der Waals surface area contributed by atoms with E-state index in [1.807, 2.05) is 0 Å². The van der Waals surface area contributed by atoms with Crippen molar-refractivity contribution in [3.63, 3.8) is 0 Å². The summed E-state index contributed by atoms with van der Waals surface area (Å²) in [5.74, 6) is -1.16. The van der Waals surface area contributed by atoms with Crippen molar-refractivity contribution < 1.29 is 60.7 Å². The maximum atomic E-state index is 14.3. The summed E-state index contributed by atoms with van der Waals surface area (Å²) in [6.07, 6.45) is -4.22. The maximum absolute atomic E-state index is 14.3. The van der Waals surface area contributed by atoms with E-state index in [2.05, 4.69) is 30.7 Å². The van der Waals surface area contributed by atoms with Crippen molar-refractivity contribution in [3.05, 3.63) is 127 Å². The fourth-order valence-electron chi connectivity index (χ4n) is 5.20. The van der Waals surface area contributed by atoms with Gasteiger partial charge in [-0.1, -0.05) is 46.4 Å². The largest absolute Gasteiger partial charge is 0.480 e. The molecule has 2 heterocycles. The fraction of sp³-hybridized carbons (Fsp3) is 0.214. The topological polar surface area (TPSA) is 148 Å². The molecular weight excluding hydrogens is 988 g/mol. The number of ether oxygens (including phenoxy) is 5. The lowest BCUT2D eigenvalue weighted by atomic mass is 10.1. The Morgan fingerprint density at radius 2 is 1.52 bits per heavy atom. The predicted molar refractivity (Wildman–Crippen MR) is 232 cm³/mol. The Kier molecular flexibility index (Phi) is 17.8. The Balaban J connectivity index is 0.000000212. The first-order valence-electron chi connectivity index (χ1n) is 18.0. The van der Waals surface area contributed by atoms with Gasteiger partial charge in [-0.15, -0.1) is 0 Å². The standard InChI is InChI=1S/C16H14Cl2O4.C15H12BrClF4N2O2.C11H8ClNO3/c1-10(16(19)20-2)21-12-4-6-13(7-5-12)22-15-8-3-11(17)9-14(15)18;1-6(2)25-14(24)7-4-8(10(18)5-9(7)17)12-11(16)13(15(19,20)21)23(3)22-12;12-8-3-4-9(16-6-10(14)15)11-7(8)2-1-5-13-11/h3-10H,1-2H3;4-6H,1-3H3;1-5H,6H2,(H,14,15). The van der Waals surface area contributed by atoms with E-state index in [4.69, 9.17) is 70.5 Å². The van der Waals surface area contributed by atoms with E-state index in [1.54, 1.807) is 93.7 Å². The molecule has 6 aromatic rings. The van der Waals surface area contributed by atoms with Crippen molar-refractivity contribution in [2.45, 2.75) is 39.2 Å². The van der Waals surface area contributed by atoms with Gasteiger partial charge in [-0.2, -0.15) is 18.3 Å². The zero-order chi connectivity index (χ0) is 46.8. The number of methoxy groups -OCH3 is 1. The lowest BCUT2D eigenvalue weighted by Crippen LogP contribution is -2.24. The molecule has 4 aromatic carbocycles. The molecule has 2 aromatic heterocycles. The third-order valence-electron chi connectivity index (χ3n) is 7.95. The van der Waals surface area contributed by atoms with Gasteiger partial charge in [-0.3, -0.25) is 9.67 Å². The second-order valence-corrected chi connectivity index (χ2v) is 15.4. The highest BCUT2D eigenvalue weighted by molar-refractivity contribution is 9.10. The number of hydrogen-bond acceptors (Lipinski definition) is 10. The van der Waals surface area contributed by atoms with Crippen molar-refractivity contribution in [2.75, 3.05) is 13.7 Å². The average molecular weight is 1020 g/mol. The van der Waals surface area contributed by atoms with E-state index in [1.165, 1.54) is 7.11 Å². The Morgan fingerprint density at radius 3 is 2.11 bits per heavy atom. The number of fused-ring (bicyclic) bond motifs is 1. The van der Waals surface area contributed by atoms with Crippen molar-refractivity contribution in [1.29, 1.82) is 0 Å². The Labute approximate surface area is 385 Å². The third kappa shape index (κ3) is 13.8. The first kappa shape index (κ1) is 50.3. The van der Waals surface area contributed by atoms with E-state index >= 15 is 0 Å². The Hall–Kier alpha value is -5.33. The summed E-state index contributed by atoms with van der Waals surface area (Å²) >= 11 is 26.5. The molecule has 1 atom stereocenters. The van der Waals surface area contributed by atoms with Crippen LogP contribution in [0.25, 0.3) is 22.2 Å². The highest BCUT2D eigenvalue weighted by atomic mass is 79.9. The monoisotopic (exact) mass is 1020 g/mol. The van der Waals surface area contributed by atoms with Gasteiger partial charge in [0.1, 0.15) is 40.0 Å². The van der Waals surface area contributed by atoms with Gasteiger partial charge < -0.3 is 28.8 Å². The zero-order valence-electron chi connectivity index (χ0n) is 33.4. The second-order valence-electron chi connectivity index (χ2n) is 13.0. The van der Waals surface area contributed by atoms with E-state index in [-0.39, 0.29) is 21.8 Å². The van der Waals surface area contributed by atoms with E-state index in [0.717, 1.165) is 24.6 Å². The number of carbonyl (C=O) groups excluding carboxylic acids is 2. The predicted octanol–water partition coefficient (Wildman–Crippen LogP) is 12.3. The highest BCUT2D eigenvalue weighted by Gasteiger charge is 2.39. The van der Waals surface area contributed by atoms with Crippen LogP contribution in [-0.4, -0.2) is 63.7 Å². The number of aromatic nitrogens is 3. The molecule has 0 aliphatic rings. The number of aryl methyl sites for hydroxylation is 1. The highest BCUT2D eigenvalue weighted by Crippen LogP contribution is 2.41. The van der Waals surface area contributed by atoms with E-state index in [9.17, 15) is 31.9 Å². The molecule has 334 valence electrons. The molecule has 1 unspecified atom stereocenters. The number of rotatable bonds is 11. The van der Waals surface area contributed by atoms with Gasteiger partial charge in [-0.25, -0.2) is 18.8 Å². The summed E-state index contributed by atoms with van der Waals surface area (Å²) in [6, 6.07) is 20.5. The number of carbonyl (C=O) groups is 3. The molecule has 12 nitrogen and oxygen atoms in total. The normalized spacial score (nSPS) is 11.4. The lowest BCUT2D eigenvalue weighted by Gasteiger charge is -2.13. The number of esters is 2. The number of carboxylic acid groups (broad SMARTS) is 1. The number of nitrogens with zero attached hydrogens (tertiary/aromatic N) is 3. The van der Waals surface area contributed by atoms with Crippen molar-refractivity contribution in [3.8, 4) is 34.3 Å². The second kappa shape index (κ2) is 22.3. The molecule has 63 heavy (non-hydrogen) atoms. The van der Waals surface area contributed by atoms with Gasteiger partial charge in [0, 0.05) is 29.2 Å². The number of pyridine rings is 1. The number of halogens is 9. The van der Waals surface area contributed by atoms with Crippen LogP contribution in [0.3, 0.4) is 0 Å². The summed E-state index contributed by atoms with van der Waals surface area (Å²) in [5, 5.41) is 14.3. The van der Waals surface area contributed by atoms with Crippen LogP contribution in [0.1, 0.15) is 36.8 Å². The minimum atomic E-state index is -4.69. The Morgan fingerprint density at radius 1 is 0.873 bits per heavy atom. The van der Waals surface area contributed by atoms with Crippen LogP contribution in [0, 0.1) is 5.82 Å². The van der Waals surface area contributed by atoms with Crippen LogP contribution in [0.15, 0.2) is 89.5 Å². The third-order valence-corrected chi connectivity index (χ3v) is 9.88. The summed E-state index contributed by atoms with van der Waals surface area (Å²) in [6.45, 7) is 4.44. The van der Waals surface area contributed by atoms with Gasteiger partial charge in [0.15, 0.2) is 18.4 Å². The molecule has 1 N–H and O–H groups in total. The molecule has 0 aliphatic heterocycles. The van der Waals surface area contributed by atoms with Crippen LogP contribution >= 0.6 is 62.3 Å². The first-order chi connectivity index (χ1) is 29.6. The summed E-state index contributed by atoms with van der Waals surface area (Å²) in [4.78, 5) is 37.9. The molecule has 0 spiro atoms. The molecule has 0 amide bonds. The van der Waals surface area contributed by atoms with Crippen LogP contribution in [0.5, 0.6) is 23.0 Å². The molecule has 0 bridgehead atoms. The number of hydrogen-bond donors (Lipinski definition) is 1. The molecule has 0 fully saturated rings. The SMILES string of the molecule is CC(C)OC(=O)c1cc(-c2nn(C)c(C(F)(F)F)c2Br)c(F)cc1Cl.COC(=O)C(C)Oc1ccc(Oc2ccc(Cl)cc2Cl)cc1.O=C(O)COc1ccc(Cl)c2cccnc12. The molecule has 6 rings (SSSR count). The van der Waals surface area contributed by atoms with Gasteiger partial charge in [0.25, 0.3) is 0 Å². The van der Waals surface area contributed by atoms with Crippen LogP contribution in [0.2, 0.25) is 20.1 Å². The van der Waals surface area contributed by atoms with Crippen molar-refractivity contribution >= 4 is 91.1 Å². The fourth-order valence-corrected chi connectivity index (χ4v) is 6.86. The summed E-state index contributed by atoms with van der Waals surface area (Å²) < 4.78 is 79.4. The minimum absolute atomic E-state index is 0.169. The lowest BCUT2D eigenvalue weighted by molar-refractivity contribution is -0.148. The number of benzene rings is 4. The summed E-state index contributed by atoms with van der Waals surface area (Å²) in [5.41, 5.74) is -1.29. The number of carboxylic acids is 1. The van der Waals surface area contributed by atoms with E-state index < -0.39 is 58.9 Å². The molecule has 0 aliphatic carbocycles. The van der Waals surface area contributed by atoms with Gasteiger partial charge in [0.05, 0.1) is 38.3 Å². The maximum Gasteiger partial charge on any atom is 0.434 e. The van der Waals surface area contributed by atoms with Gasteiger partial charge in [0.2, 0.25) is 0 Å². The van der Waals surface area contributed by atoms with Crippen LogP contribution in [0.4, 0.5) is 17.6 Å². The number of alkyl halides is 3. The van der Waals surface area contributed by atoms with E-state index in [0.29, 0.717) is 48.3 Å². The molecule has 0 saturated carbocycles. The van der Waals surface area contributed by atoms with Crippen LogP contribution < -0.4 is 14.2 Å². The molecule has 0 radical (unpaired) electrons. The van der Waals surface area contributed by atoms with Crippen molar-refractivity contribution in [2.24, 2.45) is 7.05 Å². The van der Waals surface area contributed by atoms with Gasteiger partial charge in [-0.05, 0) is 116 Å². The van der Waals surface area contributed by atoms with Crippen molar-refractivity contribution in [1.82, 2.24) is 14.8 Å². The number of aliphatic carboxylic acids is 1. The quantitative estimate of drug-likeness (QED) is 0.0976. The summed E-state index contributed by atoms with van der Waals surface area (Å²) in [7, 11) is 2.40. The first-order valence-corrected chi connectivity index (χ1v) is 20.3. The Bertz CT molecular complexity index is 2600. The average Bonchev–Trinajstić information content (AvgIpc) is 3.52. The van der Waals surface area contributed by atoms with Gasteiger partial charge >= 0.3 is 24.1 Å². The smallest absolute Gasteiger partial charge is 0.434 e. The molecular formula is C42H34BrCl4F4N3O9. The zero-order valence-corrected chi connectivity index (χ0v) is 38.0.